The van der Waals surface area contributed by atoms with Gasteiger partial charge in [0, 0.05) is 49.8 Å². The second-order valence-corrected chi connectivity index (χ2v) is 5.08. The molecular formula is C14H18FN3. The number of fused-ring (bicyclic) bond motifs is 1. The number of hydrogen-bond acceptors (Lipinski definition) is 2. The molecule has 4 heteroatoms. The van der Waals surface area contributed by atoms with E-state index in [1.54, 1.807) is 6.07 Å². The number of benzene rings is 1. The lowest BCUT2D eigenvalue weighted by molar-refractivity contribution is 0.148. The van der Waals surface area contributed by atoms with Gasteiger partial charge in [0.05, 0.1) is 0 Å². The molecule has 0 amide bonds. The number of aromatic nitrogens is 1. The van der Waals surface area contributed by atoms with Gasteiger partial charge in [0.2, 0.25) is 0 Å². The van der Waals surface area contributed by atoms with Crippen LogP contribution in [0.3, 0.4) is 0 Å². The molecule has 0 aliphatic carbocycles. The Kier molecular flexibility index (Phi) is 3.06. The van der Waals surface area contributed by atoms with Crippen LogP contribution in [-0.4, -0.2) is 48.0 Å². The van der Waals surface area contributed by atoms with Gasteiger partial charge < -0.3 is 9.88 Å². The Balaban J connectivity index is 1.78. The van der Waals surface area contributed by atoms with Gasteiger partial charge in [0.25, 0.3) is 0 Å². The predicted octanol–water partition coefficient (Wildman–Crippen LogP) is 2.05. The summed E-state index contributed by atoms with van der Waals surface area (Å²) in [5.74, 6) is -0.185. The van der Waals surface area contributed by atoms with Crippen molar-refractivity contribution in [3.05, 3.63) is 35.8 Å². The molecule has 1 saturated heterocycles. The zero-order chi connectivity index (χ0) is 12.5. The number of nitrogens with zero attached hydrogens (tertiary/aromatic N) is 2. The summed E-state index contributed by atoms with van der Waals surface area (Å²) in [4.78, 5) is 7.95. The molecule has 0 radical (unpaired) electrons. The quantitative estimate of drug-likeness (QED) is 0.877. The summed E-state index contributed by atoms with van der Waals surface area (Å²) in [6.07, 6.45) is 2.00. The van der Waals surface area contributed by atoms with Crippen LogP contribution >= 0.6 is 0 Å². The molecule has 0 unspecified atom stereocenters. The number of rotatable bonds is 2. The molecule has 0 atom stereocenters. The smallest absolute Gasteiger partial charge is 0.125 e. The van der Waals surface area contributed by atoms with Crippen LogP contribution in [0.15, 0.2) is 24.4 Å². The number of aromatic amines is 1. The maximum atomic E-state index is 13.1. The van der Waals surface area contributed by atoms with Crippen molar-refractivity contribution in [2.24, 2.45) is 0 Å². The van der Waals surface area contributed by atoms with Crippen LogP contribution in [0.5, 0.6) is 0 Å². The normalized spacial score (nSPS) is 18.6. The van der Waals surface area contributed by atoms with Crippen molar-refractivity contribution >= 4 is 10.9 Å². The highest BCUT2D eigenvalue weighted by molar-refractivity contribution is 5.83. The predicted molar refractivity (Wildman–Crippen MR) is 71.0 cm³/mol. The van der Waals surface area contributed by atoms with Gasteiger partial charge in [-0.15, -0.1) is 0 Å². The third-order valence-electron chi connectivity index (χ3n) is 3.72. The van der Waals surface area contributed by atoms with Crippen molar-refractivity contribution in [3.63, 3.8) is 0 Å². The van der Waals surface area contributed by atoms with E-state index >= 15 is 0 Å². The average Bonchev–Trinajstić information content (AvgIpc) is 2.74. The van der Waals surface area contributed by atoms with Crippen molar-refractivity contribution in [1.29, 1.82) is 0 Å². The first-order chi connectivity index (χ1) is 8.72. The van der Waals surface area contributed by atoms with Crippen molar-refractivity contribution in [2.45, 2.75) is 6.54 Å². The topological polar surface area (TPSA) is 22.3 Å². The molecule has 3 nitrogen and oxygen atoms in total. The van der Waals surface area contributed by atoms with Gasteiger partial charge in [-0.25, -0.2) is 4.39 Å². The van der Waals surface area contributed by atoms with Crippen LogP contribution in [0.1, 0.15) is 5.56 Å². The highest BCUT2D eigenvalue weighted by atomic mass is 19.1. The Morgan fingerprint density at radius 2 is 2.00 bits per heavy atom. The van der Waals surface area contributed by atoms with E-state index in [0.717, 1.165) is 43.6 Å². The monoisotopic (exact) mass is 247 g/mol. The van der Waals surface area contributed by atoms with Gasteiger partial charge >= 0.3 is 0 Å². The van der Waals surface area contributed by atoms with Crippen molar-refractivity contribution in [1.82, 2.24) is 14.8 Å². The van der Waals surface area contributed by atoms with Gasteiger partial charge in [-0.3, -0.25) is 4.90 Å². The number of H-pyrrole nitrogens is 1. The fraction of sp³-hybridized carbons (Fsp3) is 0.429. The van der Waals surface area contributed by atoms with Gasteiger partial charge in [-0.2, -0.15) is 0 Å². The van der Waals surface area contributed by atoms with Crippen LogP contribution in [-0.2, 0) is 6.54 Å². The number of hydrogen-bond donors (Lipinski definition) is 1. The number of halogens is 1. The summed E-state index contributed by atoms with van der Waals surface area (Å²) in [6.45, 7) is 5.39. The molecule has 3 rings (SSSR count). The molecule has 1 aromatic heterocycles. The first-order valence-electron chi connectivity index (χ1n) is 6.39. The Morgan fingerprint density at radius 1 is 1.22 bits per heavy atom. The summed E-state index contributed by atoms with van der Waals surface area (Å²) in [5, 5.41) is 1.13. The Bertz CT molecular complexity index is 541. The molecule has 1 fully saturated rings. The Labute approximate surface area is 106 Å². The van der Waals surface area contributed by atoms with Gasteiger partial charge in [-0.05, 0) is 30.8 Å². The van der Waals surface area contributed by atoms with E-state index < -0.39 is 0 Å². The molecule has 1 N–H and O–H groups in total. The minimum atomic E-state index is -0.185. The lowest BCUT2D eigenvalue weighted by Crippen LogP contribution is -2.43. The maximum absolute atomic E-state index is 13.1. The van der Waals surface area contributed by atoms with Crippen molar-refractivity contribution in [2.75, 3.05) is 33.2 Å². The standard InChI is InChI=1S/C14H18FN3/c1-17-4-6-18(7-5-17)10-11-9-16-14-8-12(15)2-3-13(11)14/h2-3,8-9,16H,4-7,10H2,1H3. The van der Waals surface area contributed by atoms with Crippen molar-refractivity contribution < 1.29 is 4.39 Å². The van der Waals surface area contributed by atoms with Crippen LogP contribution in [0.25, 0.3) is 10.9 Å². The molecule has 1 aliphatic rings. The molecule has 1 aromatic carbocycles. The second kappa shape index (κ2) is 4.71. The maximum Gasteiger partial charge on any atom is 0.125 e. The summed E-state index contributed by atoms with van der Waals surface area (Å²) < 4.78 is 13.1. The van der Waals surface area contributed by atoms with E-state index in [0.29, 0.717) is 0 Å². The fourth-order valence-electron chi connectivity index (χ4n) is 2.54. The third kappa shape index (κ3) is 2.26. The molecule has 18 heavy (non-hydrogen) atoms. The molecule has 0 bridgehead atoms. The minimum absolute atomic E-state index is 0.185. The van der Waals surface area contributed by atoms with Crippen LogP contribution in [0.4, 0.5) is 4.39 Å². The molecule has 1 aliphatic heterocycles. The molecule has 0 spiro atoms. The van der Waals surface area contributed by atoms with Crippen LogP contribution in [0, 0.1) is 5.82 Å². The summed E-state index contributed by atoms with van der Waals surface area (Å²) in [7, 11) is 2.16. The summed E-state index contributed by atoms with van der Waals surface area (Å²) >= 11 is 0. The molecule has 96 valence electrons. The lowest BCUT2D eigenvalue weighted by atomic mass is 10.1. The Hall–Kier alpha value is -1.39. The Morgan fingerprint density at radius 3 is 2.78 bits per heavy atom. The number of likely N-dealkylation sites (N-methyl/N-ethyl adjacent to an activating group) is 1. The van der Waals surface area contributed by atoms with Gasteiger partial charge in [-0.1, -0.05) is 0 Å². The van der Waals surface area contributed by atoms with Crippen molar-refractivity contribution in [3.8, 4) is 0 Å². The van der Waals surface area contributed by atoms with E-state index in [-0.39, 0.29) is 5.82 Å². The lowest BCUT2D eigenvalue weighted by Gasteiger charge is -2.32. The average molecular weight is 247 g/mol. The molecule has 2 aromatic rings. The first kappa shape index (κ1) is 11.7. The zero-order valence-corrected chi connectivity index (χ0v) is 10.6. The zero-order valence-electron chi connectivity index (χ0n) is 10.6. The molecule has 0 saturated carbocycles. The van der Waals surface area contributed by atoms with E-state index in [1.807, 2.05) is 12.3 Å². The highest BCUT2D eigenvalue weighted by Crippen LogP contribution is 2.21. The SMILES string of the molecule is CN1CCN(Cc2c[nH]c3cc(F)ccc23)CC1. The third-order valence-corrected chi connectivity index (χ3v) is 3.72. The van der Waals surface area contributed by atoms with Gasteiger partial charge in [0.15, 0.2) is 0 Å². The molecule has 2 heterocycles. The largest absolute Gasteiger partial charge is 0.361 e. The second-order valence-electron chi connectivity index (χ2n) is 5.08. The van der Waals surface area contributed by atoms with Crippen LogP contribution < -0.4 is 0 Å². The van der Waals surface area contributed by atoms with E-state index in [1.165, 1.54) is 11.6 Å². The number of nitrogens with one attached hydrogen (secondary N) is 1. The molecular weight excluding hydrogens is 229 g/mol. The minimum Gasteiger partial charge on any atom is -0.361 e. The summed E-state index contributed by atoms with van der Waals surface area (Å²) in [6, 6.07) is 4.96. The highest BCUT2D eigenvalue weighted by Gasteiger charge is 2.15. The van der Waals surface area contributed by atoms with Crippen LogP contribution in [0.2, 0.25) is 0 Å². The van der Waals surface area contributed by atoms with E-state index in [4.69, 9.17) is 0 Å². The van der Waals surface area contributed by atoms with E-state index in [9.17, 15) is 4.39 Å². The van der Waals surface area contributed by atoms with Gasteiger partial charge in [0.1, 0.15) is 5.82 Å². The summed E-state index contributed by atoms with van der Waals surface area (Å²) in [5.41, 5.74) is 2.15. The van der Waals surface area contributed by atoms with E-state index in [2.05, 4.69) is 21.8 Å². The number of piperazine rings is 1. The fourth-order valence-corrected chi connectivity index (χ4v) is 2.54. The first-order valence-corrected chi connectivity index (χ1v) is 6.39.